The van der Waals surface area contributed by atoms with Gasteiger partial charge in [-0.3, -0.25) is 9.69 Å². The Morgan fingerprint density at radius 1 is 1.08 bits per heavy atom. The second kappa shape index (κ2) is 14.9. The van der Waals surface area contributed by atoms with Crippen molar-refractivity contribution in [2.75, 3.05) is 57.9 Å². The maximum absolute atomic E-state index is 12.3. The van der Waals surface area contributed by atoms with E-state index >= 15 is 0 Å². The quantitative estimate of drug-likeness (QED) is 0.147. The minimum Gasteiger partial charge on any atom is -0.385 e. The SMILES string of the molecule is COCCCNC(=O)c1ccc(CSc2nc(Cl)cc(N3CCN(CC=Cc4ccccc4)CC3)n2)cc1. The van der Waals surface area contributed by atoms with Crippen LogP contribution in [0.15, 0.2) is 71.9 Å². The normalized spacial score (nSPS) is 14.2. The summed E-state index contributed by atoms with van der Waals surface area (Å²) in [7, 11) is 1.65. The molecular formula is C29H34ClN5O2S. The van der Waals surface area contributed by atoms with E-state index in [2.05, 4.69) is 56.5 Å². The Balaban J connectivity index is 1.25. The van der Waals surface area contributed by atoms with Gasteiger partial charge >= 0.3 is 0 Å². The number of thioether (sulfide) groups is 1. The lowest BCUT2D eigenvalue weighted by Crippen LogP contribution is -2.46. The second-order valence-electron chi connectivity index (χ2n) is 9.02. The van der Waals surface area contributed by atoms with Crippen LogP contribution >= 0.6 is 23.4 Å². The number of benzene rings is 2. The van der Waals surface area contributed by atoms with Crippen molar-refractivity contribution in [1.29, 1.82) is 0 Å². The summed E-state index contributed by atoms with van der Waals surface area (Å²) >= 11 is 7.90. The largest absolute Gasteiger partial charge is 0.385 e. The lowest BCUT2D eigenvalue weighted by molar-refractivity contribution is 0.0948. The standard InChI is InChI=1S/C29H34ClN5O2S/c1-37-20-6-14-31-28(36)25-12-10-24(11-13-25)22-38-29-32-26(30)21-27(33-29)35-18-16-34(17-19-35)15-5-9-23-7-3-2-4-8-23/h2-5,7-13,21H,6,14-20,22H2,1H3,(H,31,36). The van der Waals surface area contributed by atoms with Crippen molar-refractivity contribution in [3.05, 3.63) is 88.6 Å². The van der Waals surface area contributed by atoms with Gasteiger partial charge in [0.25, 0.3) is 5.91 Å². The van der Waals surface area contributed by atoms with Gasteiger partial charge in [0.2, 0.25) is 0 Å². The predicted octanol–water partition coefficient (Wildman–Crippen LogP) is 5.02. The molecule has 7 nitrogen and oxygen atoms in total. The smallest absolute Gasteiger partial charge is 0.251 e. The molecule has 1 aromatic heterocycles. The fraction of sp³-hybridized carbons (Fsp3) is 0.345. The number of anilines is 1. The summed E-state index contributed by atoms with van der Waals surface area (Å²) in [4.78, 5) is 26.2. The highest BCUT2D eigenvalue weighted by molar-refractivity contribution is 7.98. The van der Waals surface area contributed by atoms with Crippen LogP contribution in [0.2, 0.25) is 5.15 Å². The molecule has 200 valence electrons. The average molecular weight is 552 g/mol. The van der Waals surface area contributed by atoms with E-state index in [-0.39, 0.29) is 5.91 Å². The number of hydrogen-bond donors (Lipinski definition) is 1. The molecular weight excluding hydrogens is 518 g/mol. The Kier molecular flexibility index (Phi) is 11.0. The number of rotatable bonds is 12. The number of nitrogens with zero attached hydrogens (tertiary/aromatic N) is 4. The van der Waals surface area contributed by atoms with Gasteiger partial charge in [0.1, 0.15) is 11.0 Å². The fourth-order valence-electron chi connectivity index (χ4n) is 4.09. The molecule has 0 spiro atoms. The van der Waals surface area contributed by atoms with Crippen LogP contribution in [0.1, 0.15) is 27.9 Å². The van der Waals surface area contributed by atoms with Crippen LogP contribution in [-0.2, 0) is 10.5 Å². The van der Waals surface area contributed by atoms with Gasteiger partial charge < -0.3 is 15.0 Å². The van der Waals surface area contributed by atoms with Gasteiger partial charge in [-0.25, -0.2) is 9.97 Å². The van der Waals surface area contributed by atoms with Crippen LogP contribution in [0.4, 0.5) is 5.82 Å². The summed E-state index contributed by atoms with van der Waals surface area (Å²) < 4.78 is 5.01. The van der Waals surface area contributed by atoms with Crippen LogP contribution < -0.4 is 10.2 Å². The third kappa shape index (κ3) is 8.84. The summed E-state index contributed by atoms with van der Waals surface area (Å²) in [6.45, 7) is 5.89. The topological polar surface area (TPSA) is 70.6 Å². The number of carbonyl (C=O) groups excluding carboxylic acids is 1. The zero-order valence-corrected chi connectivity index (χ0v) is 23.3. The van der Waals surface area contributed by atoms with Gasteiger partial charge in [-0.2, -0.15) is 0 Å². The third-order valence-corrected chi connectivity index (χ3v) is 7.34. The van der Waals surface area contributed by atoms with Crippen LogP contribution in [0.25, 0.3) is 6.08 Å². The van der Waals surface area contributed by atoms with E-state index in [1.165, 1.54) is 5.56 Å². The Labute approximate surface area is 234 Å². The molecule has 38 heavy (non-hydrogen) atoms. The minimum absolute atomic E-state index is 0.0737. The number of methoxy groups -OCH3 is 1. The number of ether oxygens (including phenoxy) is 1. The molecule has 0 saturated carbocycles. The molecule has 4 rings (SSSR count). The van der Waals surface area contributed by atoms with Crippen LogP contribution in [0.5, 0.6) is 0 Å². The summed E-state index contributed by atoms with van der Waals surface area (Å²) in [6.07, 6.45) is 5.19. The molecule has 2 aromatic carbocycles. The van der Waals surface area contributed by atoms with Crippen LogP contribution in [0.3, 0.4) is 0 Å². The molecule has 0 unspecified atom stereocenters. The summed E-state index contributed by atoms with van der Waals surface area (Å²) in [5, 5.41) is 4.01. The highest BCUT2D eigenvalue weighted by Gasteiger charge is 2.18. The van der Waals surface area contributed by atoms with Crippen LogP contribution in [0, 0.1) is 0 Å². The zero-order valence-electron chi connectivity index (χ0n) is 21.7. The minimum atomic E-state index is -0.0737. The van der Waals surface area contributed by atoms with Crippen molar-refractivity contribution in [1.82, 2.24) is 20.2 Å². The number of piperazine rings is 1. The van der Waals surface area contributed by atoms with Crippen molar-refractivity contribution < 1.29 is 9.53 Å². The zero-order chi connectivity index (χ0) is 26.6. The van der Waals surface area contributed by atoms with Crippen molar-refractivity contribution >= 4 is 41.2 Å². The number of carbonyl (C=O) groups is 1. The van der Waals surface area contributed by atoms with E-state index in [9.17, 15) is 4.79 Å². The molecule has 1 saturated heterocycles. The first-order valence-electron chi connectivity index (χ1n) is 12.8. The van der Waals surface area contributed by atoms with Gasteiger partial charge in [-0.05, 0) is 29.7 Å². The maximum atomic E-state index is 12.3. The first-order valence-corrected chi connectivity index (χ1v) is 14.2. The summed E-state index contributed by atoms with van der Waals surface area (Å²) in [5.41, 5.74) is 2.96. The lowest BCUT2D eigenvalue weighted by atomic mass is 10.1. The predicted molar refractivity (Wildman–Crippen MR) is 156 cm³/mol. The van der Waals surface area contributed by atoms with Crippen molar-refractivity contribution in [3.63, 3.8) is 0 Å². The molecule has 2 heterocycles. The van der Waals surface area contributed by atoms with Crippen LogP contribution in [-0.4, -0.2) is 73.8 Å². The summed E-state index contributed by atoms with van der Waals surface area (Å²) in [6, 6.07) is 19.8. The number of aromatic nitrogens is 2. The van der Waals surface area contributed by atoms with Gasteiger partial charge in [0, 0.05) is 70.4 Å². The number of hydrogen-bond acceptors (Lipinski definition) is 7. The van der Waals surface area contributed by atoms with Crippen molar-refractivity contribution in [2.24, 2.45) is 0 Å². The Bertz CT molecular complexity index is 1190. The number of halogens is 1. The third-order valence-electron chi connectivity index (χ3n) is 6.23. The summed E-state index contributed by atoms with van der Waals surface area (Å²) in [5.74, 6) is 1.49. The highest BCUT2D eigenvalue weighted by atomic mass is 35.5. The average Bonchev–Trinajstić information content (AvgIpc) is 2.95. The van der Waals surface area contributed by atoms with Gasteiger partial charge in [-0.15, -0.1) is 0 Å². The molecule has 0 atom stereocenters. The van der Waals surface area contributed by atoms with Gasteiger partial charge in [0.15, 0.2) is 5.16 Å². The van der Waals surface area contributed by atoms with E-state index in [0.717, 1.165) is 50.5 Å². The van der Waals surface area contributed by atoms with E-state index in [0.29, 0.717) is 34.8 Å². The fourth-order valence-corrected chi connectivity index (χ4v) is 5.13. The van der Waals surface area contributed by atoms with Gasteiger partial charge in [-0.1, -0.05) is 78.0 Å². The molecule has 0 aliphatic carbocycles. The molecule has 1 N–H and O–H groups in total. The molecule has 3 aromatic rings. The van der Waals surface area contributed by atoms with Crippen molar-refractivity contribution in [3.8, 4) is 0 Å². The second-order valence-corrected chi connectivity index (χ2v) is 10.3. The van der Waals surface area contributed by atoms with E-state index in [1.54, 1.807) is 18.9 Å². The van der Waals surface area contributed by atoms with Gasteiger partial charge in [0.05, 0.1) is 0 Å². The molecule has 1 aliphatic rings. The number of amides is 1. The lowest BCUT2D eigenvalue weighted by Gasteiger charge is -2.35. The number of nitrogens with one attached hydrogen (secondary N) is 1. The molecule has 0 radical (unpaired) electrons. The Morgan fingerprint density at radius 2 is 1.84 bits per heavy atom. The molecule has 0 bridgehead atoms. The molecule has 1 amide bonds. The van der Waals surface area contributed by atoms with Crippen molar-refractivity contribution in [2.45, 2.75) is 17.3 Å². The monoisotopic (exact) mass is 551 g/mol. The first kappa shape index (κ1) is 28.1. The van der Waals surface area contributed by atoms with E-state index < -0.39 is 0 Å². The Hall–Kier alpha value is -2.91. The molecule has 9 heteroatoms. The highest BCUT2D eigenvalue weighted by Crippen LogP contribution is 2.25. The first-order chi connectivity index (χ1) is 18.6. The maximum Gasteiger partial charge on any atom is 0.251 e. The Morgan fingerprint density at radius 3 is 2.58 bits per heavy atom. The van der Waals surface area contributed by atoms with E-state index in [1.807, 2.05) is 36.4 Å². The molecule has 1 fully saturated rings. The van der Waals surface area contributed by atoms with E-state index in [4.69, 9.17) is 21.3 Å². The molecule has 1 aliphatic heterocycles.